The fourth-order valence-corrected chi connectivity index (χ4v) is 7.79. The van der Waals surface area contributed by atoms with E-state index in [2.05, 4.69) is 71.4 Å². The number of aryl methyl sites for hydroxylation is 6. The highest BCUT2D eigenvalue weighted by atomic mass is 19.3. The zero-order chi connectivity index (χ0) is 53.7. The Balaban J connectivity index is 0.000000244. The van der Waals surface area contributed by atoms with Gasteiger partial charge in [0.05, 0.1) is 19.8 Å². The van der Waals surface area contributed by atoms with Crippen LogP contribution in [0, 0.1) is 0 Å². The zero-order valence-electron chi connectivity index (χ0n) is 44.2. The summed E-state index contributed by atoms with van der Waals surface area (Å²) >= 11 is 0. The predicted octanol–water partition coefficient (Wildman–Crippen LogP) is 18.1. The lowest BCUT2D eigenvalue weighted by Gasteiger charge is -2.08. The molecule has 6 aromatic rings. The standard InChI is InChI=1S/C22H28F2O2.C21H26F2O2.C20H24F2O2/c1-2-3-4-5-6-17-25-20-13-9-18(10-14-20)7-8-19-11-15-21(16-12-19)26-22(23)24;1-2-3-4-5-16-24-19-12-8-17(9-13-19)6-7-18-10-14-20(15-11-18)25-21(22)23;1-2-3-4-15-23-18-11-7-16(8-12-18)5-6-17-9-13-19(14-10-17)24-20(21)22/h9-16,22H,2-8,17H2,1H3;8-15,21H,2-7,16H2,1H3;7-14,20H,2-6,15H2,1H3. The fourth-order valence-electron chi connectivity index (χ4n) is 7.79. The number of rotatable bonds is 33. The minimum atomic E-state index is -2.78. The van der Waals surface area contributed by atoms with Crippen molar-refractivity contribution in [1.29, 1.82) is 0 Å². The van der Waals surface area contributed by atoms with Crippen molar-refractivity contribution < 1.29 is 54.8 Å². The molecule has 0 saturated carbocycles. The van der Waals surface area contributed by atoms with E-state index in [1.54, 1.807) is 36.4 Å². The van der Waals surface area contributed by atoms with Gasteiger partial charge < -0.3 is 28.4 Å². The van der Waals surface area contributed by atoms with Gasteiger partial charge in [-0.05, 0) is 164 Å². The van der Waals surface area contributed by atoms with Crippen LogP contribution in [0.4, 0.5) is 26.3 Å². The maximum atomic E-state index is 12.1. The smallest absolute Gasteiger partial charge is 0.387 e. The molecular formula is C63H78F6O6. The van der Waals surface area contributed by atoms with Gasteiger partial charge in [-0.1, -0.05) is 151 Å². The van der Waals surface area contributed by atoms with Crippen LogP contribution in [0.3, 0.4) is 0 Å². The van der Waals surface area contributed by atoms with E-state index in [0.29, 0.717) is 0 Å². The summed E-state index contributed by atoms with van der Waals surface area (Å²) in [5.74, 6) is 3.31. The SMILES string of the molecule is CCCCCCCOc1ccc(CCc2ccc(OC(F)F)cc2)cc1.CCCCCCOc1ccc(CCc2ccc(OC(F)F)cc2)cc1.CCCCCOc1ccc(CCc2ccc(OC(F)F)cc2)cc1. The van der Waals surface area contributed by atoms with E-state index in [1.165, 1.54) is 74.5 Å². The van der Waals surface area contributed by atoms with Crippen molar-refractivity contribution in [1.82, 2.24) is 0 Å². The third kappa shape index (κ3) is 28.3. The number of alkyl halides is 6. The van der Waals surface area contributed by atoms with Crippen LogP contribution in [0.25, 0.3) is 0 Å². The van der Waals surface area contributed by atoms with E-state index in [-0.39, 0.29) is 17.2 Å². The summed E-state index contributed by atoms with van der Waals surface area (Å²) in [6.07, 6.45) is 19.7. The quantitative estimate of drug-likeness (QED) is 0.0302. The van der Waals surface area contributed by atoms with Gasteiger partial charge in [0.1, 0.15) is 34.5 Å². The Kier molecular flexibility index (Phi) is 30.6. The molecule has 6 aromatic carbocycles. The lowest BCUT2D eigenvalue weighted by Crippen LogP contribution is -2.01. The predicted molar refractivity (Wildman–Crippen MR) is 290 cm³/mol. The molecule has 6 rings (SSSR count). The number of benzene rings is 6. The molecule has 0 radical (unpaired) electrons. The third-order valence-corrected chi connectivity index (χ3v) is 12.1. The van der Waals surface area contributed by atoms with Crippen LogP contribution >= 0.6 is 0 Å². The monoisotopic (exact) mass is 1040 g/mol. The number of hydrogen-bond donors (Lipinski definition) is 0. The highest BCUT2D eigenvalue weighted by molar-refractivity contribution is 5.33. The van der Waals surface area contributed by atoms with Crippen molar-refractivity contribution in [2.24, 2.45) is 0 Å². The molecule has 0 heterocycles. The summed E-state index contributed by atoms with van der Waals surface area (Å²) in [4.78, 5) is 0. The molecule has 0 atom stereocenters. The number of ether oxygens (including phenoxy) is 6. The first-order valence-corrected chi connectivity index (χ1v) is 26.8. The zero-order valence-corrected chi connectivity index (χ0v) is 44.2. The normalized spacial score (nSPS) is 10.9. The topological polar surface area (TPSA) is 55.4 Å². The highest BCUT2D eigenvalue weighted by Crippen LogP contribution is 2.22. The maximum Gasteiger partial charge on any atom is 0.387 e. The lowest BCUT2D eigenvalue weighted by molar-refractivity contribution is -0.0505. The second-order valence-corrected chi connectivity index (χ2v) is 18.2. The molecule has 0 amide bonds. The number of hydrogen-bond acceptors (Lipinski definition) is 6. The Morgan fingerprint density at radius 3 is 0.667 bits per heavy atom. The van der Waals surface area contributed by atoms with Crippen molar-refractivity contribution >= 4 is 0 Å². The second-order valence-electron chi connectivity index (χ2n) is 18.2. The Bertz CT molecular complexity index is 2310. The van der Waals surface area contributed by atoms with Gasteiger partial charge in [-0.2, -0.15) is 26.3 Å². The molecule has 0 aliphatic rings. The Morgan fingerprint density at radius 2 is 0.440 bits per heavy atom. The average molecular weight is 1050 g/mol. The summed E-state index contributed by atoms with van der Waals surface area (Å²) in [5.41, 5.74) is 6.97. The first-order chi connectivity index (χ1) is 36.5. The van der Waals surface area contributed by atoms with Gasteiger partial charge in [0.25, 0.3) is 0 Å². The van der Waals surface area contributed by atoms with Gasteiger partial charge >= 0.3 is 19.8 Å². The van der Waals surface area contributed by atoms with Crippen LogP contribution in [0.1, 0.15) is 131 Å². The van der Waals surface area contributed by atoms with Crippen LogP contribution in [-0.4, -0.2) is 39.7 Å². The van der Waals surface area contributed by atoms with Gasteiger partial charge in [-0.3, -0.25) is 0 Å². The molecule has 0 N–H and O–H groups in total. The van der Waals surface area contributed by atoms with Crippen LogP contribution in [0.15, 0.2) is 146 Å². The van der Waals surface area contributed by atoms with Gasteiger partial charge in [0.15, 0.2) is 0 Å². The molecule has 0 aliphatic heterocycles. The maximum absolute atomic E-state index is 12.1. The van der Waals surface area contributed by atoms with Gasteiger partial charge in [-0.15, -0.1) is 0 Å². The molecule has 0 aliphatic carbocycles. The van der Waals surface area contributed by atoms with Crippen molar-refractivity contribution in [3.63, 3.8) is 0 Å². The van der Waals surface area contributed by atoms with E-state index in [4.69, 9.17) is 14.2 Å². The first-order valence-electron chi connectivity index (χ1n) is 26.8. The first kappa shape index (κ1) is 61.2. The van der Waals surface area contributed by atoms with E-state index in [9.17, 15) is 26.3 Å². The van der Waals surface area contributed by atoms with Crippen LogP contribution < -0.4 is 28.4 Å². The summed E-state index contributed by atoms with van der Waals surface area (Å²) < 4.78 is 103. The van der Waals surface area contributed by atoms with E-state index in [1.807, 2.05) is 72.8 Å². The van der Waals surface area contributed by atoms with Gasteiger partial charge in [-0.25, -0.2) is 0 Å². The van der Waals surface area contributed by atoms with Crippen LogP contribution in [0.2, 0.25) is 0 Å². The van der Waals surface area contributed by atoms with Crippen molar-refractivity contribution in [3.8, 4) is 34.5 Å². The largest absolute Gasteiger partial charge is 0.494 e. The minimum absolute atomic E-state index is 0.193. The van der Waals surface area contributed by atoms with E-state index >= 15 is 0 Å². The van der Waals surface area contributed by atoms with Gasteiger partial charge in [0.2, 0.25) is 0 Å². The molecule has 75 heavy (non-hydrogen) atoms. The summed E-state index contributed by atoms with van der Waals surface area (Å²) in [5, 5.41) is 0. The minimum Gasteiger partial charge on any atom is -0.494 e. The van der Waals surface area contributed by atoms with Crippen LogP contribution in [-0.2, 0) is 38.5 Å². The Hall–Kier alpha value is -6.30. The molecule has 0 bridgehead atoms. The molecule has 6 nitrogen and oxygen atoms in total. The van der Waals surface area contributed by atoms with Crippen LogP contribution in [0.5, 0.6) is 34.5 Å². The Labute approximate surface area is 442 Å². The number of halogens is 6. The molecule has 0 aromatic heterocycles. The summed E-state index contributed by atoms with van der Waals surface area (Å²) in [6.45, 7) is 0.562. The molecule has 0 saturated heterocycles. The molecule has 0 spiro atoms. The van der Waals surface area contributed by atoms with E-state index < -0.39 is 19.8 Å². The molecular weight excluding hydrogens is 967 g/mol. The lowest BCUT2D eigenvalue weighted by atomic mass is 10.0. The fraction of sp³-hybridized carbons (Fsp3) is 0.429. The molecule has 0 unspecified atom stereocenters. The number of unbranched alkanes of at least 4 members (excludes halogenated alkanes) is 9. The van der Waals surface area contributed by atoms with E-state index in [0.717, 1.165) is 112 Å². The van der Waals surface area contributed by atoms with Gasteiger partial charge in [0, 0.05) is 0 Å². The van der Waals surface area contributed by atoms with Crippen molar-refractivity contribution in [2.45, 2.75) is 156 Å². The third-order valence-electron chi connectivity index (χ3n) is 12.1. The molecule has 408 valence electrons. The van der Waals surface area contributed by atoms with Crippen molar-refractivity contribution in [3.05, 3.63) is 179 Å². The van der Waals surface area contributed by atoms with Crippen molar-refractivity contribution in [2.75, 3.05) is 19.8 Å². The average Bonchev–Trinajstić information content (AvgIpc) is 3.41. The Morgan fingerprint density at radius 1 is 0.253 bits per heavy atom. The molecule has 0 fully saturated rings. The summed E-state index contributed by atoms with van der Waals surface area (Å²) in [6, 6.07) is 45.0. The highest BCUT2D eigenvalue weighted by Gasteiger charge is 2.08. The summed E-state index contributed by atoms with van der Waals surface area (Å²) in [7, 11) is 0. The molecule has 12 heteroatoms. The second kappa shape index (κ2) is 37.4.